The van der Waals surface area contributed by atoms with E-state index >= 15 is 0 Å². The van der Waals surface area contributed by atoms with E-state index < -0.39 is 0 Å². The summed E-state index contributed by atoms with van der Waals surface area (Å²) in [7, 11) is 0. The summed E-state index contributed by atoms with van der Waals surface area (Å²) in [6.07, 6.45) is 1.82. The maximum Gasteiger partial charge on any atom is 0.103 e. The molecule has 1 rings (SSSR count). The van der Waals surface area contributed by atoms with Crippen LogP contribution in [-0.2, 0) is 6.54 Å². The summed E-state index contributed by atoms with van der Waals surface area (Å²) in [5.74, 6) is 0.304. The molecule has 80 valence electrons. The van der Waals surface area contributed by atoms with Crippen LogP contribution in [-0.4, -0.2) is 4.57 Å². The molecule has 0 radical (unpaired) electrons. The number of allylic oxidation sites excluding steroid dienone is 1. The second kappa shape index (κ2) is 4.55. The molecule has 0 spiro atoms. The van der Waals surface area contributed by atoms with Crippen LogP contribution < -0.4 is 0 Å². The van der Waals surface area contributed by atoms with Gasteiger partial charge in [0.1, 0.15) is 6.07 Å². The largest absolute Gasteiger partial charge is 0.342 e. The van der Waals surface area contributed by atoms with Gasteiger partial charge in [0.25, 0.3) is 0 Å². The molecule has 0 aliphatic rings. The van der Waals surface area contributed by atoms with Gasteiger partial charge in [-0.1, -0.05) is 31.5 Å². The van der Waals surface area contributed by atoms with Crippen molar-refractivity contribution >= 4 is 11.6 Å². The van der Waals surface area contributed by atoms with Gasteiger partial charge >= 0.3 is 0 Å². The second-order valence-electron chi connectivity index (χ2n) is 3.83. The Bertz CT molecular complexity index is 422. The van der Waals surface area contributed by atoms with Crippen LogP contribution in [0.5, 0.6) is 0 Å². The molecule has 0 fully saturated rings. The van der Waals surface area contributed by atoms with Crippen LogP contribution in [0.4, 0.5) is 0 Å². The van der Waals surface area contributed by atoms with Crippen LogP contribution in [0, 0.1) is 18.3 Å². The Morgan fingerprint density at radius 3 is 2.60 bits per heavy atom. The lowest BCUT2D eigenvalue weighted by molar-refractivity contribution is 0.688. The fourth-order valence-corrected chi connectivity index (χ4v) is 2.28. The number of nitrogens with zero attached hydrogens (tertiary/aromatic N) is 2. The molecule has 1 aromatic heterocycles. The Labute approximate surface area is 95.8 Å². The average Bonchev–Trinajstić information content (AvgIpc) is 2.39. The predicted octanol–water partition coefficient (Wildman–Crippen LogP) is 3.63. The summed E-state index contributed by atoms with van der Waals surface area (Å²) < 4.78 is 2.05. The predicted molar refractivity (Wildman–Crippen MR) is 63.2 cm³/mol. The summed E-state index contributed by atoms with van der Waals surface area (Å²) in [6.45, 7) is 10.5. The van der Waals surface area contributed by atoms with Gasteiger partial charge in [-0.3, -0.25) is 0 Å². The van der Waals surface area contributed by atoms with Crippen molar-refractivity contribution < 1.29 is 0 Å². The van der Waals surface area contributed by atoms with E-state index in [9.17, 15) is 0 Å². The number of rotatable bonds is 3. The molecule has 3 heteroatoms. The van der Waals surface area contributed by atoms with E-state index in [0.29, 0.717) is 23.0 Å². The number of nitriles is 1. The Morgan fingerprint density at radius 1 is 1.60 bits per heavy atom. The zero-order chi connectivity index (χ0) is 11.6. The fraction of sp³-hybridized carbons (Fsp3) is 0.417. The molecule has 0 bridgehead atoms. The Morgan fingerprint density at radius 2 is 2.20 bits per heavy atom. The SMILES string of the molecule is C=CCn1c(C)c(C#N)c(Cl)c1C(C)C. The first-order valence-corrected chi connectivity index (χ1v) is 5.31. The van der Waals surface area contributed by atoms with Gasteiger partial charge in [-0.25, -0.2) is 0 Å². The lowest BCUT2D eigenvalue weighted by Crippen LogP contribution is -2.04. The molecule has 1 heterocycles. The van der Waals surface area contributed by atoms with Crippen LogP contribution in [0.3, 0.4) is 0 Å². The van der Waals surface area contributed by atoms with Crippen LogP contribution in [0.15, 0.2) is 12.7 Å². The summed E-state index contributed by atoms with van der Waals surface area (Å²) in [4.78, 5) is 0. The third kappa shape index (κ3) is 1.93. The highest BCUT2D eigenvalue weighted by Crippen LogP contribution is 2.32. The topological polar surface area (TPSA) is 28.7 Å². The van der Waals surface area contributed by atoms with E-state index in [-0.39, 0.29) is 0 Å². The normalized spacial score (nSPS) is 10.4. The minimum Gasteiger partial charge on any atom is -0.342 e. The first-order valence-electron chi connectivity index (χ1n) is 4.94. The molecule has 0 saturated heterocycles. The van der Waals surface area contributed by atoms with Gasteiger partial charge in [-0.05, 0) is 12.8 Å². The molecule has 2 nitrogen and oxygen atoms in total. The van der Waals surface area contributed by atoms with E-state index in [0.717, 1.165) is 11.4 Å². The third-order valence-corrected chi connectivity index (χ3v) is 2.85. The molecule has 0 aliphatic carbocycles. The quantitative estimate of drug-likeness (QED) is 0.718. The molecule has 0 amide bonds. The van der Waals surface area contributed by atoms with Gasteiger partial charge in [0.15, 0.2) is 0 Å². The standard InChI is InChI=1S/C12H15ClN2/c1-5-6-15-9(4)10(7-14)11(13)12(15)8(2)3/h5,8H,1,6H2,2-4H3. The van der Waals surface area contributed by atoms with Crippen molar-refractivity contribution in [2.45, 2.75) is 33.2 Å². The monoisotopic (exact) mass is 222 g/mol. The van der Waals surface area contributed by atoms with Crippen molar-refractivity contribution in [3.05, 3.63) is 34.6 Å². The lowest BCUT2D eigenvalue weighted by atomic mass is 10.1. The molecule has 1 aromatic rings. The van der Waals surface area contributed by atoms with E-state index in [2.05, 4.69) is 31.1 Å². The van der Waals surface area contributed by atoms with Crippen molar-refractivity contribution in [2.24, 2.45) is 0 Å². The van der Waals surface area contributed by atoms with Crippen LogP contribution in [0.2, 0.25) is 5.02 Å². The summed E-state index contributed by atoms with van der Waals surface area (Å²) in [5.41, 5.74) is 2.53. The Balaban J connectivity index is 3.48. The van der Waals surface area contributed by atoms with Gasteiger partial charge in [-0.15, -0.1) is 6.58 Å². The molecule has 0 unspecified atom stereocenters. The minimum atomic E-state index is 0.304. The Hall–Kier alpha value is -1.20. The van der Waals surface area contributed by atoms with Gasteiger partial charge in [-0.2, -0.15) is 5.26 Å². The first-order chi connectivity index (χ1) is 7.04. The smallest absolute Gasteiger partial charge is 0.103 e. The number of hydrogen-bond acceptors (Lipinski definition) is 1. The third-order valence-electron chi connectivity index (χ3n) is 2.47. The Kier molecular flexibility index (Phi) is 3.60. The molecule has 0 atom stereocenters. The van der Waals surface area contributed by atoms with Gasteiger partial charge < -0.3 is 4.57 Å². The minimum absolute atomic E-state index is 0.304. The van der Waals surface area contributed by atoms with Crippen molar-refractivity contribution in [3.8, 4) is 6.07 Å². The fourth-order valence-electron chi connectivity index (χ4n) is 1.78. The van der Waals surface area contributed by atoms with Gasteiger partial charge in [0.05, 0.1) is 10.6 Å². The molecule has 0 aliphatic heterocycles. The average molecular weight is 223 g/mol. The maximum atomic E-state index is 9.01. The van der Waals surface area contributed by atoms with Crippen molar-refractivity contribution in [1.29, 1.82) is 5.26 Å². The molecule has 0 saturated carbocycles. The summed E-state index contributed by atoms with van der Waals surface area (Å²) in [6, 6.07) is 2.15. The zero-order valence-electron chi connectivity index (χ0n) is 9.34. The number of hydrogen-bond donors (Lipinski definition) is 0. The van der Waals surface area contributed by atoms with Crippen LogP contribution in [0.25, 0.3) is 0 Å². The number of aromatic nitrogens is 1. The van der Waals surface area contributed by atoms with Gasteiger partial charge in [0.2, 0.25) is 0 Å². The van der Waals surface area contributed by atoms with Crippen LogP contribution in [0.1, 0.15) is 36.7 Å². The number of halogens is 1. The summed E-state index contributed by atoms with van der Waals surface area (Å²) in [5, 5.41) is 9.60. The molecule has 0 N–H and O–H groups in total. The van der Waals surface area contributed by atoms with Crippen molar-refractivity contribution in [2.75, 3.05) is 0 Å². The van der Waals surface area contributed by atoms with E-state index in [1.807, 2.05) is 13.0 Å². The summed E-state index contributed by atoms with van der Waals surface area (Å²) >= 11 is 6.19. The molecule has 0 aromatic carbocycles. The first kappa shape index (κ1) is 11.9. The lowest BCUT2D eigenvalue weighted by Gasteiger charge is -2.12. The van der Waals surface area contributed by atoms with E-state index in [1.165, 1.54) is 0 Å². The molecular formula is C12H15ClN2. The molecule has 15 heavy (non-hydrogen) atoms. The van der Waals surface area contributed by atoms with Gasteiger partial charge in [0, 0.05) is 17.9 Å². The zero-order valence-corrected chi connectivity index (χ0v) is 10.1. The highest BCUT2D eigenvalue weighted by atomic mass is 35.5. The maximum absolute atomic E-state index is 9.01. The van der Waals surface area contributed by atoms with Crippen molar-refractivity contribution in [3.63, 3.8) is 0 Å². The molecular weight excluding hydrogens is 208 g/mol. The highest BCUT2D eigenvalue weighted by molar-refractivity contribution is 6.32. The second-order valence-corrected chi connectivity index (χ2v) is 4.20. The van der Waals surface area contributed by atoms with Crippen LogP contribution >= 0.6 is 11.6 Å². The van der Waals surface area contributed by atoms with E-state index in [4.69, 9.17) is 16.9 Å². The highest BCUT2D eigenvalue weighted by Gasteiger charge is 2.19. The van der Waals surface area contributed by atoms with E-state index in [1.54, 1.807) is 0 Å². The van der Waals surface area contributed by atoms with Crippen molar-refractivity contribution in [1.82, 2.24) is 4.57 Å².